The lowest BCUT2D eigenvalue weighted by Crippen LogP contribution is -1.97. The summed E-state index contributed by atoms with van der Waals surface area (Å²) in [5, 5.41) is 6.90. The fourth-order valence-electron chi connectivity index (χ4n) is 7.40. The van der Waals surface area contributed by atoms with E-state index < -0.39 is 0 Å². The summed E-state index contributed by atoms with van der Waals surface area (Å²) in [4.78, 5) is 5.22. The number of hydrogen-bond acceptors (Lipinski definition) is 2. The van der Waals surface area contributed by atoms with Gasteiger partial charge in [-0.3, -0.25) is 0 Å². The molecule has 3 heterocycles. The topological polar surface area (TPSA) is 31.0 Å². The molecule has 0 aliphatic heterocycles. The Labute approximate surface area is 277 Å². The van der Waals surface area contributed by atoms with E-state index in [0.29, 0.717) is 0 Å². The van der Waals surface area contributed by atoms with Crippen molar-refractivity contribution in [3.63, 3.8) is 0 Å². The molecule has 224 valence electrons. The summed E-state index contributed by atoms with van der Waals surface area (Å²) in [6, 6.07) is 60.0. The van der Waals surface area contributed by atoms with Crippen LogP contribution in [0.4, 0.5) is 0 Å². The first-order chi connectivity index (χ1) is 23.8. The van der Waals surface area contributed by atoms with Crippen LogP contribution in [0.15, 0.2) is 174 Å². The molecule has 7 aromatic carbocycles. The number of nitrogens with zero attached hydrogens (tertiary/aromatic N) is 2. The van der Waals surface area contributed by atoms with Gasteiger partial charge in [-0.2, -0.15) is 0 Å². The van der Waals surface area contributed by atoms with E-state index in [-0.39, 0.29) is 0 Å². The van der Waals surface area contributed by atoms with Gasteiger partial charge in [0.05, 0.1) is 27.8 Å². The van der Waals surface area contributed by atoms with Crippen molar-refractivity contribution in [1.82, 2.24) is 9.55 Å². The highest BCUT2D eigenvalue weighted by atomic mass is 16.3. The number of benzene rings is 7. The van der Waals surface area contributed by atoms with Crippen LogP contribution in [-0.4, -0.2) is 9.55 Å². The quantitative estimate of drug-likeness (QED) is 0.198. The van der Waals surface area contributed by atoms with Gasteiger partial charge in [-0.25, -0.2) is 4.98 Å². The first-order valence-electron chi connectivity index (χ1n) is 16.3. The lowest BCUT2D eigenvalue weighted by atomic mass is 9.95. The van der Waals surface area contributed by atoms with E-state index in [9.17, 15) is 0 Å². The molecule has 0 radical (unpaired) electrons. The average Bonchev–Trinajstić information content (AvgIpc) is 3.72. The maximum atomic E-state index is 6.79. The first-order valence-corrected chi connectivity index (χ1v) is 16.3. The summed E-state index contributed by atoms with van der Waals surface area (Å²) in [5.41, 5.74) is 11.4. The first kappa shape index (κ1) is 26.7. The summed E-state index contributed by atoms with van der Waals surface area (Å²) in [6.45, 7) is 0. The van der Waals surface area contributed by atoms with E-state index in [1.807, 2.05) is 6.07 Å². The van der Waals surface area contributed by atoms with Gasteiger partial charge in [0.25, 0.3) is 0 Å². The lowest BCUT2D eigenvalue weighted by molar-refractivity contribution is 0.673. The van der Waals surface area contributed by atoms with Crippen LogP contribution in [0, 0.1) is 0 Å². The third-order valence-corrected chi connectivity index (χ3v) is 9.55. The number of hydrogen-bond donors (Lipinski definition) is 0. The second kappa shape index (κ2) is 10.5. The second-order valence-electron chi connectivity index (χ2n) is 12.3. The van der Waals surface area contributed by atoms with Crippen molar-refractivity contribution >= 4 is 54.5 Å². The van der Waals surface area contributed by atoms with Crippen molar-refractivity contribution in [2.45, 2.75) is 0 Å². The van der Waals surface area contributed by atoms with Gasteiger partial charge in [0.15, 0.2) is 0 Å². The molecule has 0 unspecified atom stereocenters. The Morgan fingerprint density at radius 1 is 0.438 bits per heavy atom. The summed E-state index contributed by atoms with van der Waals surface area (Å²) in [5.74, 6) is 0. The van der Waals surface area contributed by atoms with Crippen LogP contribution in [0.1, 0.15) is 0 Å². The monoisotopic (exact) mass is 612 g/mol. The predicted molar refractivity (Wildman–Crippen MR) is 200 cm³/mol. The zero-order valence-electron chi connectivity index (χ0n) is 26.0. The molecule has 0 fully saturated rings. The van der Waals surface area contributed by atoms with E-state index in [2.05, 4.69) is 168 Å². The zero-order chi connectivity index (χ0) is 31.6. The Morgan fingerprint density at radius 2 is 1.04 bits per heavy atom. The molecule has 0 saturated heterocycles. The number of fused-ring (bicyclic) bond motifs is 9. The second-order valence-corrected chi connectivity index (χ2v) is 12.3. The molecule has 3 heteroatoms. The van der Waals surface area contributed by atoms with Crippen LogP contribution in [0.25, 0.3) is 93.8 Å². The van der Waals surface area contributed by atoms with Gasteiger partial charge in [0.1, 0.15) is 11.2 Å². The van der Waals surface area contributed by atoms with Crippen LogP contribution in [0.2, 0.25) is 0 Å². The molecule has 0 aliphatic carbocycles. The van der Waals surface area contributed by atoms with Crippen LogP contribution in [-0.2, 0) is 0 Å². The van der Waals surface area contributed by atoms with Gasteiger partial charge in [0, 0.05) is 43.9 Å². The fourth-order valence-corrected chi connectivity index (χ4v) is 7.40. The molecule has 0 saturated carbocycles. The van der Waals surface area contributed by atoms with Crippen molar-refractivity contribution < 1.29 is 4.42 Å². The van der Waals surface area contributed by atoms with Crippen LogP contribution < -0.4 is 0 Å². The minimum absolute atomic E-state index is 0.886. The van der Waals surface area contributed by atoms with E-state index in [1.54, 1.807) is 0 Å². The van der Waals surface area contributed by atoms with Crippen LogP contribution in [0.3, 0.4) is 0 Å². The Hall–Kier alpha value is -6.45. The number of furan rings is 1. The van der Waals surface area contributed by atoms with Gasteiger partial charge < -0.3 is 8.98 Å². The average molecular weight is 613 g/mol. The molecule has 0 spiro atoms. The molecular weight excluding hydrogens is 585 g/mol. The molecule has 0 atom stereocenters. The molecule has 3 nitrogen and oxygen atoms in total. The van der Waals surface area contributed by atoms with Gasteiger partial charge in [-0.05, 0) is 47.3 Å². The van der Waals surface area contributed by atoms with Crippen molar-refractivity contribution in [3.8, 4) is 39.3 Å². The Balaban J connectivity index is 1.44. The third kappa shape index (κ3) is 4.04. The molecule has 0 N–H and O–H groups in total. The maximum Gasteiger partial charge on any atom is 0.145 e. The summed E-state index contributed by atoms with van der Waals surface area (Å²) in [6.07, 6.45) is 0. The van der Waals surface area contributed by atoms with E-state index in [1.165, 1.54) is 21.7 Å². The van der Waals surface area contributed by atoms with Crippen LogP contribution >= 0.6 is 0 Å². The van der Waals surface area contributed by atoms with Crippen molar-refractivity contribution in [1.29, 1.82) is 0 Å². The molecule has 0 bridgehead atoms. The van der Waals surface area contributed by atoms with Crippen molar-refractivity contribution in [2.24, 2.45) is 0 Å². The third-order valence-electron chi connectivity index (χ3n) is 9.55. The van der Waals surface area contributed by atoms with Crippen LogP contribution in [0.5, 0.6) is 0 Å². The molecule has 0 amide bonds. The Morgan fingerprint density at radius 3 is 1.75 bits per heavy atom. The molecule has 48 heavy (non-hydrogen) atoms. The van der Waals surface area contributed by atoms with E-state index in [0.717, 1.165) is 72.2 Å². The summed E-state index contributed by atoms with van der Waals surface area (Å²) < 4.78 is 9.23. The van der Waals surface area contributed by atoms with Gasteiger partial charge in [-0.15, -0.1) is 0 Å². The number of rotatable bonds is 4. The summed E-state index contributed by atoms with van der Waals surface area (Å²) >= 11 is 0. The molecule has 10 aromatic rings. The SMILES string of the molecule is c1ccc(-c2cc(-c3cc4c5ccccc5oc4c4c5ccc6ccccc6c5n(-c5ccccc5)c34)cc(-c3ccccc3)n2)cc1. The largest absolute Gasteiger partial charge is 0.455 e. The smallest absolute Gasteiger partial charge is 0.145 e. The number of aromatic nitrogens is 2. The van der Waals surface area contributed by atoms with Gasteiger partial charge >= 0.3 is 0 Å². The maximum absolute atomic E-state index is 6.79. The molecular formula is C45H28N2O. The fraction of sp³-hybridized carbons (Fsp3) is 0. The lowest BCUT2D eigenvalue weighted by Gasteiger charge is -2.15. The zero-order valence-corrected chi connectivity index (χ0v) is 26.0. The highest BCUT2D eigenvalue weighted by Crippen LogP contribution is 2.47. The predicted octanol–water partition coefficient (Wildman–Crippen LogP) is 12.2. The number of pyridine rings is 1. The van der Waals surface area contributed by atoms with E-state index >= 15 is 0 Å². The van der Waals surface area contributed by atoms with Gasteiger partial charge in [0.2, 0.25) is 0 Å². The molecule has 0 aliphatic rings. The highest BCUT2D eigenvalue weighted by molar-refractivity contribution is 6.30. The minimum Gasteiger partial charge on any atom is -0.455 e. The normalized spacial score (nSPS) is 11.8. The highest BCUT2D eigenvalue weighted by Gasteiger charge is 2.24. The van der Waals surface area contributed by atoms with Gasteiger partial charge in [-0.1, -0.05) is 133 Å². The summed E-state index contributed by atoms with van der Waals surface area (Å²) in [7, 11) is 0. The molecule has 3 aromatic heterocycles. The molecule has 10 rings (SSSR count). The Bertz CT molecular complexity index is 2750. The van der Waals surface area contributed by atoms with Crippen molar-refractivity contribution in [2.75, 3.05) is 0 Å². The van der Waals surface area contributed by atoms with Crippen molar-refractivity contribution in [3.05, 3.63) is 170 Å². The standard InChI is InChI=1S/C45H28N2O/c1-4-15-30(16-5-1)39-26-32(27-40(46-39)31-17-6-2-7-18-31)37-28-38-35-22-12-13-23-41(35)48-45(38)42-36-25-24-29-14-10-11-21-34(29)43(36)47(44(37)42)33-19-8-3-9-20-33/h1-28H. The Kier molecular flexibility index (Phi) is 5.87. The minimum atomic E-state index is 0.886. The number of para-hydroxylation sites is 2. The van der Waals surface area contributed by atoms with E-state index in [4.69, 9.17) is 9.40 Å².